The summed E-state index contributed by atoms with van der Waals surface area (Å²) in [5.74, 6) is -0.462. The Morgan fingerprint density at radius 1 is 1.12 bits per heavy atom. The fourth-order valence-electron chi connectivity index (χ4n) is 2.55. The van der Waals surface area contributed by atoms with Gasteiger partial charge in [-0.25, -0.2) is 8.42 Å². The first-order valence-electron chi connectivity index (χ1n) is 7.97. The van der Waals surface area contributed by atoms with Crippen molar-refractivity contribution in [1.29, 1.82) is 0 Å². The Kier molecular flexibility index (Phi) is 6.55. The van der Waals surface area contributed by atoms with E-state index < -0.39 is 22.0 Å². The van der Waals surface area contributed by atoms with E-state index in [1.165, 1.54) is 25.1 Å². The highest BCUT2D eigenvalue weighted by Crippen LogP contribution is 2.29. The van der Waals surface area contributed by atoms with Crippen molar-refractivity contribution < 1.29 is 13.2 Å². The number of sulfonamides is 1. The molecule has 0 aromatic heterocycles. The summed E-state index contributed by atoms with van der Waals surface area (Å²) in [6, 6.07) is 10.8. The van der Waals surface area contributed by atoms with Gasteiger partial charge in [-0.3, -0.25) is 9.10 Å². The first-order chi connectivity index (χ1) is 12.1. The number of carbonyl (C=O) groups is 1. The number of halogens is 2. The van der Waals surface area contributed by atoms with Gasteiger partial charge in [-0.05, 0) is 49.2 Å². The summed E-state index contributed by atoms with van der Waals surface area (Å²) in [4.78, 5) is 12.6. The molecule has 5 nitrogen and oxygen atoms in total. The van der Waals surface area contributed by atoms with Gasteiger partial charge < -0.3 is 5.32 Å². The molecule has 8 heteroatoms. The highest BCUT2D eigenvalue weighted by atomic mass is 35.5. The van der Waals surface area contributed by atoms with Crippen LogP contribution in [0.2, 0.25) is 10.0 Å². The number of aryl methyl sites for hydroxylation is 1. The van der Waals surface area contributed by atoms with E-state index in [1.807, 2.05) is 19.1 Å². The van der Waals surface area contributed by atoms with Gasteiger partial charge in [0.1, 0.15) is 6.04 Å². The first-order valence-corrected chi connectivity index (χ1v) is 10.6. The lowest BCUT2D eigenvalue weighted by Gasteiger charge is -2.28. The molecule has 0 aliphatic heterocycles. The number of carbonyl (C=O) groups excluding carboxylic acids is 1. The average molecular weight is 415 g/mol. The lowest BCUT2D eigenvalue weighted by molar-refractivity contribution is -0.116. The van der Waals surface area contributed by atoms with E-state index in [1.54, 1.807) is 12.1 Å². The molecule has 2 rings (SSSR count). The van der Waals surface area contributed by atoms with Crippen molar-refractivity contribution >= 4 is 50.5 Å². The number of hydrogen-bond acceptors (Lipinski definition) is 3. The monoisotopic (exact) mass is 414 g/mol. The zero-order valence-corrected chi connectivity index (χ0v) is 17.0. The maximum absolute atomic E-state index is 12.6. The number of hydrogen-bond donors (Lipinski definition) is 1. The summed E-state index contributed by atoms with van der Waals surface area (Å²) in [5.41, 5.74) is 1.97. The van der Waals surface area contributed by atoms with Crippen molar-refractivity contribution in [3.05, 3.63) is 58.1 Å². The third-order valence-electron chi connectivity index (χ3n) is 3.82. The van der Waals surface area contributed by atoms with Gasteiger partial charge in [0, 0.05) is 15.7 Å². The van der Waals surface area contributed by atoms with Gasteiger partial charge in [0.15, 0.2) is 0 Å². The molecule has 0 heterocycles. The number of nitrogens with one attached hydrogen (secondary N) is 1. The topological polar surface area (TPSA) is 66.5 Å². The standard InChI is InChI=1S/C18H20Cl2N2O3S/c1-4-13-5-7-16(8-6-13)21-18(23)12(2)22(26(3,24)25)17-10-14(19)9-15(20)11-17/h5-12H,4H2,1-3H3,(H,21,23)/t12-/m1/s1. The molecule has 1 N–H and O–H groups in total. The van der Waals surface area contributed by atoms with Crippen LogP contribution < -0.4 is 9.62 Å². The van der Waals surface area contributed by atoms with Crippen molar-refractivity contribution in [1.82, 2.24) is 0 Å². The SMILES string of the molecule is CCc1ccc(NC(=O)[C@@H](C)N(c2cc(Cl)cc(Cl)c2)S(C)(=O)=O)cc1. The number of anilines is 2. The summed E-state index contributed by atoms with van der Waals surface area (Å²) in [6.45, 7) is 3.54. The lowest BCUT2D eigenvalue weighted by Crippen LogP contribution is -2.45. The molecule has 0 bridgehead atoms. The van der Waals surface area contributed by atoms with Crippen molar-refractivity contribution in [3.8, 4) is 0 Å². The van der Waals surface area contributed by atoms with Crippen LogP contribution in [0.3, 0.4) is 0 Å². The number of rotatable bonds is 6. The van der Waals surface area contributed by atoms with Crippen LogP contribution in [0.4, 0.5) is 11.4 Å². The van der Waals surface area contributed by atoms with E-state index in [4.69, 9.17) is 23.2 Å². The third-order valence-corrected chi connectivity index (χ3v) is 5.50. The highest BCUT2D eigenvalue weighted by Gasteiger charge is 2.29. The summed E-state index contributed by atoms with van der Waals surface area (Å²) in [7, 11) is -3.74. The Bertz CT molecular complexity index is 879. The van der Waals surface area contributed by atoms with Gasteiger partial charge in [-0.2, -0.15) is 0 Å². The Morgan fingerprint density at radius 3 is 2.12 bits per heavy atom. The van der Waals surface area contributed by atoms with E-state index in [9.17, 15) is 13.2 Å². The van der Waals surface area contributed by atoms with E-state index in [-0.39, 0.29) is 15.7 Å². The quantitative estimate of drug-likeness (QED) is 0.763. The van der Waals surface area contributed by atoms with E-state index in [0.717, 1.165) is 22.5 Å². The second kappa shape index (κ2) is 8.29. The normalized spacial score (nSPS) is 12.5. The second-order valence-corrected chi connectivity index (χ2v) is 8.63. The summed E-state index contributed by atoms with van der Waals surface area (Å²) in [6.07, 6.45) is 1.92. The molecule has 0 unspecified atom stereocenters. The highest BCUT2D eigenvalue weighted by molar-refractivity contribution is 7.92. The molecule has 0 aliphatic carbocycles. The summed E-state index contributed by atoms with van der Waals surface area (Å²) in [5, 5.41) is 3.30. The molecule has 0 aliphatic rings. The average Bonchev–Trinajstić information content (AvgIpc) is 2.53. The smallest absolute Gasteiger partial charge is 0.247 e. The van der Waals surface area contributed by atoms with Gasteiger partial charge in [-0.15, -0.1) is 0 Å². The maximum atomic E-state index is 12.6. The molecular formula is C18H20Cl2N2O3S. The van der Waals surface area contributed by atoms with Crippen LogP contribution >= 0.6 is 23.2 Å². The van der Waals surface area contributed by atoms with E-state index >= 15 is 0 Å². The van der Waals surface area contributed by atoms with Gasteiger partial charge in [-0.1, -0.05) is 42.3 Å². The zero-order chi connectivity index (χ0) is 19.5. The Hall–Kier alpha value is -1.76. The lowest BCUT2D eigenvalue weighted by atomic mass is 10.1. The van der Waals surface area contributed by atoms with Crippen LogP contribution in [-0.4, -0.2) is 26.6 Å². The van der Waals surface area contributed by atoms with Crippen LogP contribution in [0, 0.1) is 0 Å². The predicted molar refractivity (Wildman–Crippen MR) is 108 cm³/mol. The molecule has 0 saturated carbocycles. The molecule has 0 spiro atoms. The van der Waals surface area contributed by atoms with Gasteiger partial charge in [0.05, 0.1) is 11.9 Å². The van der Waals surface area contributed by atoms with E-state index in [0.29, 0.717) is 5.69 Å². The van der Waals surface area contributed by atoms with Crippen molar-refractivity contribution in [3.63, 3.8) is 0 Å². The molecule has 2 aromatic carbocycles. The van der Waals surface area contributed by atoms with Crippen LogP contribution in [0.1, 0.15) is 19.4 Å². The van der Waals surface area contributed by atoms with Gasteiger partial charge in [0.25, 0.3) is 0 Å². The van der Waals surface area contributed by atoms with Crippen LogP contribution in [0.15, 0.2) is 42.5 Å². The second-order valence-electron chi connectivity index (χ2n) is 5.90. The number of amides is 1. The zero-order valence-electron chi connectivity index (χ0n) is 14.7. The molecule has 2 aromatic rings. The first kappa shape index (κ1) is 20.6. The fourth-order valence-corrected chi connectivity index (χ4v) is 4.22. The third kappa shape index (κ3) is 5.13. The van der Waals surface area contributed by atoms with Crippen LogP contribution in [-0.2, 0) is 21.2 Å². The van der Waals surface area contributed by atoms with Crippen LogP contribution in [0.25, 0.3) is 0 Å². The summed E-state index contributed by atoms with van der Waals surface area (Å²) < 4.78 is 25.6. The predicted octanol–water partition coefficient (Wildman–Crippen LogP) is 4.35. The number of benzene rings is 2. The minimum Gasteiger partial charge on any atom is -0.324 e. The number of nitrogens with zero attached hydrogens (tertiary/aromatic N) is 1. The molecule has 26 heavy (non-hydrogen) atoms. The van der Waals surface area contributed by atoms with E-state index in [2.05, 4.69) is 5.32 Å². The fraction of sp³-hybridized carbons (Fsp3) is 0.278. The minimum absolute atomic E-state index is 0.231. The van der Waals surface area contributed by atoms with Crippen molar-refractivity contribution in [2.24, 2.45) is 0 Å². The Balaban J connectivity index is 2.31. The molecule has 0 radical (unpaired) electrons. The van der Waals surface area contributed by atoms with Crippen LogP contribution in [0.5, 0.6) is 0 Å². The Morgan fingerprint density at radius 2 is 1.65 bits per heavy atom. The molecule has 0 saturated heterocycles. The minimum atomic E-state index is -3.74. The van der Waals surface area contributed by atoms with Crippen molar-refractivity contribution in [2.45, 2.75) is 26.3 Å². The maximum Gasteiger partial charge on any atom is 0.247 e. The molecule has 0 fully saturated rings. The Labute approximate surface area is 164 Å². The molecular weight excluding hydrogens is 395 g/mol. The molecule has 1 atom stereocenters. The van der Waals surface area contributed by atoms with Gasteiger partial charge in [0.2, 0.25) is 15.9 Å². The molecule has 140 valence electrons. The molecule has 1 amide bonds. The van der Waals surface area contributed by atoms with Gasteiger partial charge >= 0.3 is 0 Å². The largest absolute Gasteiger partial charge is 0.324 e. The van der Waals surface area contributed by atoms with Crippen molar-refractivity contribution in [2.75, 3.05) is 15.9 Å². The summed E-state index contributed by atoms with van der Waals surface area (Å²) >= 11 is 12.0.